The van der Waals surface area contributed by atoms with E-state index in [4.69, 9.17) is 161 Å². The van der Waals surface area contributed by atoms with E-state index >= 15 is 4.57 Å². The van der Waals surface area contributed by atoms with Crippen LogP contribution in [0.4, 0.5) is 0 Å². The van der Waals surface area contributed by atoms with E-state index in [1.165, 1.54) is 34.8 Å². The van der Waals surface area contributed by atoms with Crippen LogP contribution < -0.4 is 5.32 Å². The Morgan fingerprint density at radius 1 is 0.394 bits per heavy atom. The summed E-state index contributed by atoms with van der Waals surface area (Å²) in [5.41, 5.74) is -1.29. The highest BCUT2D eigenvalue weighted by Crippen LogP contribution is 2.52. The molecule has 12 unspecified atom stereocenters. The molecule has 0 saturated carbocycles. The minimum absolute atomic E-state index is 0.0296. The van der Waals surface area contributed by atoms with E-state index in [1.807, 2.05) is 26.0 Å². The number of nitriles is 2. The van der Waals surface area contributed by atoms with Gasteiger partial charge in [0.1, 0.15) is 39.6 Å². The van der Waals surface area contributed by atoms with E-state index in [0.717, 1.165) is 51.4 Å². The molecule has 0 aliphatic carbocycles. The highest BCUT2D eigenvalue weighted by atomic mass is 31.2. The first-order valence-electron chi connectivity index (χ1n) is 49.0. The molecule has 21 atom stereocenters. The maximum absolute atomic E-state index is 15.0. The lowest BCUT2D eigenvalue weighted by Gasteiger charge is -2.44. The number of nitrogens with one attached hydrogen (secondary N) is 1. The SMILES string of the molecule is [2H]CCCOCC(COCCCOP(=O)(OCCC#N)OCC(COCCCOP(OCCCCCCO[C@@H]1OC(COC(C)=O)[C@H](C)[C@H](C)C1C)OCC[N+]#[C-])(COCCCOP(OCCCCCCO[C@@H]1OC(COC(C)=O)[C@H](C)[C@H](C)C1C)OCC[N+]#[C-])COCCCOP(OCCCCCCO[C@@H]1OC(COC(C)=O)[C@H](C)[C@H](C)C1NC(C)=O)OCC[N+]#[C-])COP(OC)OCCC#N. The second-order valence-corrected chi connectivity index (χ2v) is 40.6. The molecule has 137 heavy (non-hydrogen) atoms. The average Bonchev–Trinajstić information content (AvgIpc) is 0.814. The molecule has 3 fully saturated rings. The van der Waals surface area contributed by atoms with Crippen molar-refractivity contribution >= 4 is 66.0 Å². The molecule has 790 valence electrons. The van der Waals surface area contributed by atoms with Crippen molar-refractivity contribution in [2.75, 3.05) is 225 Å². The van der Waals surface area contributed by atoms with Crippen LogP contribution in [0.15, 0.2) is 0 Å². The lowest BCUT2D eigenvalue weighted by atomic mass is 9.79. The summed E-state index contributed by atoms with van der Waals surface area (Å²) in [6.45, 7) is 48.6. The van der Waals surface area contributed by atoms with Gasteiger partial charge in [-0.1, -0.05) is 101 Å². The van der Waals surface area contributed by atoms with Crippen LogP contribution in [0, 0.1) is 101 Å². The number of ether oxygens (including phenoxy) is 14. The van der Waals surface area contributed by atoms with Gasteiger partial charge in [-0.3, -0.25) is 32.7 Å². The third-order valence-corrected chi connectivity index (χ3v) is 28.8. The van der Waals surface area contributed by atoms with E-state index in [-0.39, 0.29) is 263 Å². The molecular weight excluding hydrogens is 1890 g/mol. The number of esters is 3. The molecule has 0 aromatic carbocycles. The maximum atomic E-state index is 15.0. The van der Waals surface area contributed by atoms with E-state index in [1.54, 1.807) is 0 Å². The molecule has 0 bridgehead atoms. The smallest absolute Gasteiger partial charge is 0.463 e. The molecule has 3 saturated heterocycles. The van der Waals surface area contributed by atoms with Crippen molar-refractivity contribution in [1.29, 1.82) is 10.5 Å². The molecule has 0 aromatic heterocycles. The van der Waals surface area contributed by atoms with Crippen LogP contribution in [0.5, 0.6) is 0 Å². The summed E-state index contributed by atoms with van der Waals surface area (Å²) in [5.74, 6) is -0.426. The number of phosphoric ester groups is 1. The van der Waals surface area contributed by atoms with Crippen LogP contribution in [-0.4, -0.2) is 292 Å². The number of phosphoric acid groups is 1. The average molecular weight is 2050 g/mol. The lowest BCUT2D eigenvalue weighted by Crippen LogP contribution is -2.58. The predicted octanol–water partition coefficient (Wildman–Crippen LogP) is 17.3. The van der Waals surface area contributed by atoms with Gasteiger partial charge in [-0.15, -0.1) is 0 Å². The summed E-state index contributed by atoms with van der Waals surface area (Å²) in [7, 11) is -10.5. The molecular formula is C92H163N6O34P5. The Morgan fingerprint density at radius 3 is 1.14 bits per heavy atom. The van der Waals surface area contributed by atoms with Crippen LogP contribution in [0.2, 0.25) is 0 Å². The molecule has 45 heteroatoms. The van der Waals surface area contributed by atoms with Gasteiger partial charge in [0.25, 0.3) is 0 Å². The first-order chi connectivity index (χ1) is 66.7. The van der Waals surface area contributed by atoms with Crippen molar-refractivity contribution in [1.82, 2.24) is 5.32 Å². The molecule has 3 aliphatic rings. The summed E-state index contributed by atoms with van der Waals surface area (Å²) in [4.78, 5) is 57.4. The molecule has 0 radical (unpaired) electrons. The fraction of sp³-hybridized carbons (Fsp3) is 0.902. The number of carbonyl (C=O) groups is 4. The van der Waals surface area contributed by atoms with Gasteiger partial charge < -0.3 is 140 Å². The summed E-state index contributed by atoms with van der Waals surface area (Å²) in [6.07, 6.45) is 8.47. The topological polar surface area (TPSA) is 426 Å². The molecule has 1 N–H and O–H groups in total. The quantitative estimate of drug-likeness (QED) is 0.0194. The minimum Gasteiger partial charge on any atom is -0.463 e. The standard InChI is InChI=1S/C92H163N6O34P5/c1-18-42-105-62-84(64-126-133(104-17)116-53-31-37-93)63-106-43-36-58-128-137(103,127-57-32-38-94)129-71-92(68-107-44-33-54-120-134(123-59-39-95-14)117-50-28-22-19-25-47-110-89-78(8)72(2)74(4)85(130-89)65-113-81(11)100,69-108-45-34-55-121-135(124-60-40-96-15)118-51-29-23-20-26-48-111-90-79(9)73(3)75(5)86(131-90)66-114-82(12)101)70-109-46-35-56-122-136(125-61-41-97-16)119-52-30-24-21-27-49-112-91-88(98-80(10)99)77(7)76(6)87(132-91)67-115-83(13)102/h72-79,84-91H,18-36,39-71H2,1-13,17H3,(H,98,99)/t72-,73-,74+,75+,76+,77-,78?,79?,84?,85?,86?,87?,88?,89+,90+,91+,92?,133?,134?,135?,136?,137?/m0/s1/i1D. The van der Waals surface area contributed by atoms with Gasteiger partial charge in [-0.05, 0) is 106 Å². The van der Waals surface area contributed by atoms with Crippen molar-refractivity contribution in [3.63, 3.8) is 0 Å². The van der Waals surface area contributed by atoms with Gasteiger partial charge in [-0.25, -0.2) is 24.3 Å². The summed E-state index contributed by atoms with van der Waals surface area (Å²) < 4.78 is 197. The summed E-state index contributed by atoms with van der Waals surface area (Å²) in [5, 5.41) is 21.7. The largest absolute Gasteiger partial charge is 0.474 e. The molecule has 1 amide bonds. The number of hydrogen-bond donors (Lipinski definition) is 1. The minimum atomic E-state index is -4.55. The Kier molecular flexibility index (Phi) is 74.6. The third kappa shape index (κ3) is 60.1. The first-order valence-corrected chi connectivity index (χ1v) is 54.2. The van der Waals surface area contributed by atoms with Crippen LogP contribution in [0.1, 0.15) is 213 Å². The number of nitrogens with zero attached hydrogens (tertiary/aromatic N) is 5. The van der Waals surface area contributed by atoms with E-state index < -0.39 is 91.2 Å². The van der Waals surface area contributed by atoms with E-state index in [9.17, 15) is 24.4 Å². The number of amides is 1. The molecule has 3 rings (SSSR count). The Labute approximate surface area is 822 Å². The second-order valence-electron chi connectivity index (χ2n) is 34.0. The number of carbonyl (C=O) groups excluding carboxylic acids is 4. The zero-order valence-electron chi connectivity index (χ0n) is 84.6. The summed E-state index contributed by atoms with van der Waals surface area (Å²) >= 11 is 0. The number of unbranched alkanes of at least 4 members (excludes halogenated alkanes) is 9. The van der Waals surface area contributed by atoms with Crippen LogP contribution >= 0.6 is 42.2 Å². The molecule has 0 spiro atoms. The van der Waals surface area contributed by atoms with Gasteiger partial charge in [0, 0.05) is 107 Å². The number of rotatable bonds is 88. The monoisotopic (exact) mass is 2050 g/mol. The highest BCUT2D eigenvalue weighted by molar-refractivity contribution is 7.48. The Balaban J connectivity index is 1.87. The Hall–Kier alpha value is -3.76. The van der Waals surface area contributed by atoms with E-state index in [0.29, 0.717) is 109 Å². The zero-order valence-corrected chi connectivity index (χ0v) is 88.0. The maximum Gasteiger partial charge on any atom is 0.474 e. The van der Waals surface area contributed by atoms with Gasteiger partial charge >= 0.3 is 60.1 Å². The second kappa shape index (κ2) is 81.4. The summed E-state index contributed by atoms with van der Waals surface area (Å²) in [6, 6.07) is 3.63. The predicted molar refractivity (Wildman–Crippen MR) is 509 cm³/mol. The van der Waals surface area contributed by atoms with Crippen LogP contribution in [-0.2, 0) is 158 Å². The molecule has 3 aliphatic heterocycles. The first kappa shape index (κ1) is 126. The zero-order chi connectivity index (χ0) is 101. The van der Waals surface area contributed by atoms with Gasteiger partial charge in [0.05, 0.1) is 160 Å². The fourth-order valence-corrected chi connectivity index (χ4v) is 19.2. The Bertz CT molecular complexity index is 3290. The van der Waals surface area contributed by atoms with Crippen LogP contribution in [0.25, 0.3) is 14.5 Å². The third-order valence-electron chi connectivity index (χ3n) is 22.8. The van der Waals surface area contributed by atoms with Crippen molar-refractivity contribution in [3.8, 4) is 12.1 Å². The highest BCUT2D eigenvalue weighted by Gasteiger charge is 2.45. The van der Waals surface area contributed by atoms with Crippen molar-refractivity contribution in [2.45, 2.75) is 255 Å². The lowest BCUT2D eigenvalue weighted by molar-refractivity contribution is -0.255. The van der Waals surface area contributed by atoms with Crippen molar-refractivity contribution in [2.24, 2.45) is 58.7 Å². The molecule has 0 aromatic rings. The van der Waals surface area contributed by atoms with Gasteiger partial charge in [-0.2, -0.15) is 10.5 Å². The molecule has 3 heterocycles. The van der Waals surface area contributed by atoms with Crippen molar-refractivity contribution < 1.29 is 159 Å². The molecule has 40 nitrogen and oxygen atoms in total. The van der Waals surface area contributed by atoms with Crippen LogP contribution in [0.3, 0.4) is 0 Å². The van der Waals surface area contributed by atoms with Gasteiger partial charge in [0.2, 0.25) is 25.5 Å². The normalized spacial score (nSPS) is 23.7. The number of hydrogen-bond acceptors (Lipinski definition) is 36. The Morgan fingerprint density at radius 2 is 0.745 bits per heavy atom. The van der Waals surface area contributed by atoms with E-state index in [2.05, 4.69) is 61.4 Å². The van der Waals surface area contributed by atoms with Crippen molar-refractivity contribution in [3.05, 3.63) is 34.3 Å². The van der Waals surface area contributed by atoms with Gasteiger partial charge in [0.15, 0.2) is 18.9 Å². The fourth-order valence-electron chi connectivity index (χ4n) is 14.0.